The highest BCUT2D eigenvalue weighted by molar-refractivity contribution is 6.31. The Labute approximate surface area is 285 Å². The fourth-order valence-electron chi connectivity index (χ4n) is 5.49. The second kappa shape index (κ2) is 18.7. The quantitative estimate of drug-likeness (QED) is 0.0516. The number of imidazole rings is 1. The number of Topliss-reactive ketones (excluding diaryl/α,β-unsaturated/α-hetero) is 1. The number of nitrogens with zero attached hydrogens (tertiary/aromatic N) is 3. The van der Waals surface area contributed by atoms with Crippen LogP contribution in [0.4, 0.5) is 5.69 Å². The van der Waals surface area contributed by atoms with Crippen LogP contribution >= 0.6 is 11.6 Å². The number of ether oxygens (including phenoxy) is 2. The molecule has 48 heavy (non-hydrogen) atoms. The first-order valence-electron chi connectivity index (χ1n) is 16.7. The van der Waals surface area contributed by atoms with E-state index < -0.39 is 29.3 Å². The van der Waals surface area contributed by atoms with Crippen LogP contribution < -0.4 is 20.5 Å². The van der Waals surface area contributed by atoms with Crippen LogP contribution in [0.2, 0.25) is 5.02 Å². The minimum atomic E-state index is -1.86. The van der Waals surface area contributed by atoms with Crippen molar-refractivity contribution in [3.8, 4) is 17.5 Å². The summed E-state index contributed by atoms with van der Waals surface area (Å²) in [4.78, 5) is 41.7. The number of aromatic hydroxyl groups is 1. The fourth-order valence-corrected chi connectivity index (χ4v) is 5.66. The summed E-state index contributed by atoms with van der Waals surface area (Å²) in [5.41, 5.74) is 0.0585. The van der Waals surface area contributed by atoms with Gasteiger partial charge in [-0.3, -0.25) is 14.2 Å². The second-order valence-electron chi connectivity index (χ2n) is 11.6. The molecule has 0 saturated carbocycles. The summed E-state index contributed by atoms with van der Waals surface area (Å²) in [6.07, 6.45) is 14.1. The van der Waals surface area contributed by atoms with Gasteiger partial charge >= 0.3 is 5.69 Å². The number of anilines is 1. The number of halogens is 1. The predicted molar refractivity (Wildman–Crippen MR) is 184 cm³/mol. The molecule has 2 aromatic heterocycles. The van der Waals surface area contributed by atoms with E-state index in [4.69, 9.17) is 25.6 Å². The minimum Gasteiger partial charge on any atom is -0.491 e. The number of rotatable bonds is 21. The first-order chi connectivity index (χ1) is 23.3. The van der Waals surface area contributed by atoms with Crippen molar-refractivity contribution >= 4 is 29.0 Å². The van der Waals surface area contributed by atoms with Crippen molar-refractivity contribution < 1.29 is 28.7 Å². The van der Waals surface area contributed by atoms with Crippen molar-refractivity contribution in [1.82, 2.24) is 14.3 Å². The Morgan fingerprint density at radius 3 is 2.29 bits per heavy atom. The van der Waals surface area contributed by atoms with Crippen molar-refractivity contribution in [1.29, 1.82) is 0 Å². The van der Waals surface area contributed by atoms with Gasteiger partial charge in [0.15, 0.2) is 11.8 Å². The van der Waals surface area contributed by atoms with Gasteiger partial charge in [-0.25, -0.2) is 9.36 Å². The molecule has 0 saturated heterocycles. The number of hydrogen-bond acceptors (Lipinski definition) is 8. The normalized spacial score (nSPS) is 11.7. The topological polar surface area (TPSA) is 138 Å². The van der Waals surface area contributed by atoms with Gasteiger partial charge in [0.05, 0.1) is 37.2 Å². The summed E-state index contributed by atoms with van der Waals surface area (Å²) < 4.78 is 18.4. The van der Waals surface area contributed by atoms with E-state index in [1.54, 1.807) is 31.2 Å². The third-order valence-electron chi connectivity index (χ3n) is 7.99. The maximum atomic E-state index is 14.0. The number of carbonyl (C=O) groups excluding carboxylic acids is 2. The lowest BCUT2D eigenvalue weighted by molar-refractivity contribution is -0.118. The first-order valence-corrected chi connectivity index (χ1v) is 17.1. The lowest BCUT2D eigenvalue weighted by atomic mass is 10.1. The summed E-state index contributed by atoms with van der Waals surface area (Å²) in [7, 11) is 0. The van der Waals surface area contributed by atoms with Crippen LogP contribution in [-0.2, 0) is 11.3 Å². The maximum absolute atomic E-state index is 14.0. The van der Waals surface area contributed by atoms with Gasteiger partial charge in [0.25, 0.3) is 17.7 Å². The van der Waals surface area contributed by atoms with Gasteiger partial charge in [0, 0.05) is 5.02 Å². The lowest BCUT2D eigenvalue weighted by Gasteiger charge is -2.18. The molecule has 0 spiro atoms. The highest BCUT2D eigenvalue weighted by Gasteiger charge is 2.37. The smallest absolute Gasteiger partial charge is 0.335 e. The lowest BCUT2D eigenvalue weighted by Crippen LogP contribution is -2.39. The third kappa shape index (κ3) is 9.76. The highest BCUT2D eigenvalue weighted by atomic mass is 35.5. The molecule has 258 valence electrons. The van der Waals surface area contributed by atoms with E-state index in [2.05, 4.69) is 17.4 Å². The Hall–Kier alpha value is -4.51. The van der Waals surface area contributed by atoms with E-state index in [0.29, 0.717) is 21.9 Å². The van der Waals surface area contributed by atoms with E-state index in [1.165, 1.54) is 55.6 Å². The molecule has 2 N–H and O–H groups in total. The summed E-state index contributed by atoms with van der Waals surface area (Å²) >= 11 is 6.29. The average molecular weight is 681 g/mol. The number of benzene rings is 2. The van der Waals surface area contributed by atoms with Gasteiger partial charge in [-0.05, 0) is 37.1 Å². The number of aromatic nitrogens is 3. The zero-order chi connectivity index (χ0) is 34.3. The van der Waals surface area contributed by atoms with E-state index in [9.17, 15) is 19.5 Å². The third-order valence-corrected chi connectivity index (χ3v) is 8.23. The van der Waals surface area contributed by atoms with Crippen LogP contribution in [0.25, 0.3) is 0 Å². The molecule has 0 fully saturated rings. The average Bonchev–Trinajstić information content (AvgIpc) is 3.70. The van der Waals surface area contributed by atoms with Crippen LogP contribution in [0.5, 0.6) is 17.5 Å². The van der Waals surface area contributed by atoms with Gasteiger partial charge in [0.1, 0.15) is 12.0 Å². The molecule has 0 aliphatic carbocycles. The van der Waals surface area contributed by atoms with E-state index in [-0.39, 0.29) is 30.3 Å². The fraction of sp³-hybridized carbons (Fsp3) is 0.444. The van der Waals surface area contributed by atoms with Gasteiger partial charge < -0.3 is 24.4 Å². The molecule has 0 bridgehead atoms. The highest BCUT2D eigenvalue weighted by Crippen LogP contribution is 2.33. The minimum absolute atomic E-state index is 0.0244. The van der Waals surface area contributed by atoms with Crippen LogP contribution in [-0.4, -0.2) is 44.3 Å². The van der Waals surface area contributed by atoms with E-state index in [1.807, 2.05) is 18.2 Å². The van der Waals surface area contributed by atoms with E-state index >= 15 is 0 Å². The molecule has 2 aromatic carbocycles. The van der Waals surface area contributed by atoms with Gasteiger partial charge in [-0.2, -0.15) is 0 Å². The van der Waals surface area contributed by atoms with Crippen molar-refractivity contribution in [3.05, 3.63) is 87.6 Å². The first kappa shape index (κ1) is 36.3. The molecular weight excluding hydrogens is 636 g/mol. The van der Waals surface area contributed by atoms with Crippen LogP contribution in [0.15, 0.2) is 70.3 Å². The molecule has 1 unspecified atom stereocenters. The van der Waals surface area contributed by atoms with Crippen LogP contribution in [0.1, 0.15) is 100 Å². The van der Waals surface area contributed by atoms with Crippen molar-refractivity contribution in [2.75, 3.05) is 18.5 Å². The van der Waals surface area contributed by atoms with Crippen molar-refractivity contribution in [2.24, 2.45) is 0 Å². The van der Waals surface area contributed by atoms with Gasteiger partial charge in [-0.1, -0.05) is 112 Å². The Balaban J connectivity index is 1.53. The molecule has 1 amide bonds. The maximum Gasteiger partial charge on any atom is 0.335 e. The second-order valence-corrected chi connectivity index (χ2v) is 12.1. The molecule has 1 atom stereocenters. The largest absolute Gasteiger partial charge is 0.491 e. The Morgan fingerprint density at radius 1 is 0.958 bits per heavy atom. The molecule has 0 radical (unpaired) electrons. The number of unbranched alkanes of at least 4 members (excludes halogenated alkanes) is 9. The number of nitrogens with one attached hydrogen (secondary N) is 1. The summed E-state index contributed by atoms with van der Waals surface area (Å²) in [6.45, 7) is 4.48. The Kier molecular flexibility index (Phi) is 14.2. The summed E-state index contributed by atoms with van der Waals surface area (Å²) in [6, 6.07) is 12.0. The predicted octanol–water partition coefficient (Wildman–Crippen LogP) is 7.81. The number of carbonyl (C=O) groups is 2. The number of hydrogen-bond donors (Lipinski definition) is 2. The number of amides is 1. The van der Waals surface area contributed by atoms with Crippen molar-refractivity contribution in [3.63, 3.8) is 0 Å². The standard InChI is InChI=1S/C36H45ClN4O7/c1-3-5-6-7-8-9-10-11-12-16-21-47-30-20-19-28(37)22-29(30)39-33(43)31(32(42)27-23-38-48-25-27)41-34(44)35(46-4-2)40(36(41)45)24-26-17-14-13-15-18-26/h13-15,17-20,22-23,25,31,44H,3-12,16,21,24H2,1-2H3,(H,39,43). The zero-order valence-electron chi connectivity index (χ0n) is 27.7. The Morgan fingerprint density at radius 2 is 1.65 bits per heavy atom. The van der Waals surface area contributed by atoms with Crippen LogP contribution in [0, 0.1) is 0 Å². The van der Waals surface area contributed by atoms with Gasteiger partial charge in [0.2, 0.25) is 0 Å². The molecule has 4 rings (SSSR count). The molecular formula is C36H45ClN4O7. The SMILES string of the molecule is CCCCCCCCCCCCOc1ccc(Cl)cc1NC(=O)C(C(=O)c1cnoc1)n1c(O)c(OCC)n(Cc2ccccc2)c1=O. The molecule has 0 aliphatic rings. The molecule has 4 aromatic rings. The van der Waals surface area contributed by atoms with E-state index in [0.717, 1.165) is 37.3 Å². The summed E-state index contributed by atoms with van der Waals surface area (Å²) in [5.74, 6) is -2.24. The molecule has 12 heteroatoms. The molecule has 11 nitrogen and oxygen atoms in total. The molecule has 2 heterocycles. The van der Waals surface area contributed by atoms with Crippen molar-refractivity contribution in [2.45, 2.75) is 90.6 Å². The van der Waals surface area contributed by atoms with Crippen LogP contribution in [0.3, 0.4) is 0 Å². The summed E-state index contributed by atoms with van der Waals surface area (Å²) in [5, 5.41) is 17.9. The monoisotopic (exact) mass is 680 g/mol. The number of ketones is 1. The Bertz CT molecular complexity index is 1650. The molecule has 0 aliphatic heterocycles. The zero-order valence-corrected chi connectivity index (χ0v) is 28.4. The van der Waals surface area contributed by atoms with Gasteiger partial charge in [-0.15, -0.1) is 0 Å².